The predicted octanol–water partition coefficient (Wildman–Crippen LogP) is 3.65. The maximum atomic E-state index is 10.7. The summed E-state index contributed by atoms with van der Waals surface area (Å²) in [5.74, 6) is 0. The molecular weight excluding hydrogens is 196 g/mol. The Hall–Kier alpha value is -0.820. The molecule has 0 amide bonds. The lowest BCUT2D eigenvalue weighted by Gasteiger charge is -2.26. The topological polar surface area (TPSA) is 20.2 Å². The van der Waals surface area contributed by atoms with Gasteiger partial charge in [-0.15, -0.1) is 0 Å². The summed E-state index contributed by atoms with van der Waals surface area (Å²) in [6.45, 7) is 6.64. The van der Waals surface area contributed by atoms with E-state index in [9.17, 15) is 5.11 Å². The van der Waals surface area contributed by atoms with Gasteiger partial charge in [0.15, 0.2) is 0 Å². The van der Waals surface area contributed by atoms with Crippen LogP contribution in [0.4, 0.5) is 0 Å². The van der Waals surface area contributed by atoms with Crippen molar-refractivity contribution in [2.45, 2.75) is 52.1 Å². The van der Waals surface area contributed by atoms with E-state index in [0.717, 1.165) is 31.2 Å². The highest BCUT2D eigenvalue weighted by Crippen LogP contribution is 2.48. The van der Waals surface area contributed by atoms with Crippen molar-refractivity contribution in [3.8, 4) is 0 Å². The molecule has 0 aliphatic heterocycles. The van der Waals surface area contributed by atoms with Crippen molar-refractivity contribution in [3.63, 3.8) is 0 Å². The van der Waals surface area contributed by atoms with E-state index >= 15 is 0 Å². The zero-order chi connectivity index (χ0) is 11.8. The fourth-order valence-corrected chi connectivity index (χ4v) is 2.84. The first kappa shape index (κ1) is 11.7. The van der Waals surface area contributed by atoms with E-state index in [1.165, 1.54) is 5.56 Å². The third kappa shape index (κ3) is 2.15. The Balaban J connectivity index is 2.30. The van der Waals surface area contributed by atoms with Crippen LogP contribution in [-0.2, 0) is 12.0 Å². The zero-order valence-corrected chi connectivity index (χ0v) is 10.6. The van der Waals surface area contributed by atoms with Gasteiger partial charge in [-0.3, -0.25) is 0 Å². The van der Waals surface area contributed by atoms with Crippen LogP contribution < -0.4 is 0 Å². The summed E-state index contributed by atoms with van der Waals surface area (Å²) in [7, 11) is 0. The van der Waals surface area contributed by atoms with Crippen LogP contribution in [0, 0.1) is 5.41 Å². The molecule has 0 heterocycles. The molecule has 1 heteroatoms. The Labute approximate surface area is 98.5 Å². The molecule has 0 radical (unpaired) electrons. The SMILES string of the molecule is CCc1cccc(C2(O)CCC(C)(C)C2)c1. The van der Waals surface area contributed by atoms with Gasteiger partial charge in [-0.2, -0.15) is 0 Å². The maximum Gasteiger partial charge on any atom is 0.0902 e. The molecule has 1 aliphatic carbocycles. The highest BCUT2D eigenvalue weighted by atomic mass is 16.3. The molecule has 1 N–H and O–H groups in total. The summed E-state index contributed by atoms with van der Waals surface area (Å²) in [5, 5.41) is 10.7. The summed E-state index contributed by atoms with van der Waals surface area (Å²) in [6.07, 6.45) is 3.92. The van der Waals surface area contributed by atoms with Gasteiger partial charge in [0.2, 0.25) is 0 Å². The van der Waals surface area contributed by atoms with Gasteiger partial charge in [0.1, 0.15) is 0 Å². The van der Waals surface area contributed by atoms with Crippen LogP contribution in [-0.4, -0.2) is 5.11 Å². The molecule has 0 bridgehead atoms. The maximum absolute atomic E-state index is 10.7. The fraction of sp³-hybridized carbons (Fsp3) is 0.600. The number of benzene rings is 1. The standard InChI is InChI=1S/C15H22O/c1-4-12-6-5-7-13(10-12)15(16)9-8-14(2,3)11-15/h5-7,10,16H,4,8-9,11H2,1-3H3. The lowest BCUT2D eigenvalue weighted by molar-refractivity contribution is 0.0338. The first-order chi connectivity index (χ1) is 7.45. The molecule has 1 saturated carbocycles. The van der Waals surface area contributed by atoms with E-state index in [4.69, 9.17) is 0 Å². The van der Waals surface area contributed by atoms with Gasteiger partial charge in [0, 0.05) is 0 Å². The lowest BCUT2D eigenvalue weighted by Crippen LogP contribution is -2.23. The van der Waals surface area contributed by atoms with Crippen LogP contribution in [0.3, 0.4) is 0 Å². The molecule has 0 spiro atoms. The van der Waals surface area contributed by atoms with Crippen molar-refractivity contribution >= 4 is 0 Å². The third-order valence-electron chi connectivity index (χ3n) is 3.86. The number of aryl methyl sites for hydroxylation is 1. The van der Waals surface area contributed by atoms with Gasteiger partial charge in [0.25, 0.3) is 0 Å². The molecular formula is C15H22O. The van der Waals surface area contributed by atoms with E-state index in [1.54, 1.807) is 0 Å². The van der Waals surface area contributed by atoms with Gasteiger partial charge in [-0.05, 0) is 42.2 Å². The lowest BCUT2D eigenvalue weighted by atomic mass is 9.85. The number of rotatable bonds is 2. The monoisotopic (exact) mass is 218 g/mol. The summed E-state index contributed by atoms with van der Waals surface area (Å²) < 4.78 is 0. The molecule has 88 valence electrons. The molecule has 1 unspecified atom stereocenters. The Morgan fingerprint density at radius 2 is 2.00 bits per heavy atom. The van der Waals surface area contributed by atoms with Crippen LogP contribution >= 0.6 is 0 Å². The van der Waals surface area contributed by atoms with Crippen LogP contribution in [0.5, 0.6) is 0 Å². The largest absolute Gasteiger partial charge is 0.385 e. The molecule has 16 heavy (non-hydrogen) atoms. The molecule has 1 aromatic rings. The van der Waals surface area contributed by atoms with Crippen molar-refractivity contribution < 1.29 is 5.11 Å². The zero-order valence-electron chi connectivity index (χ0n) is 10.6. The highest BCUT2D eigenvalue weighted by molar-refractivity contribution is 5.29. The minimum atomic E-state index is -0.589. The smallest absolute Gasteiger partial charge is 0.0902 e. The van der Waals surface area contributed by atoms with E-state index in [2.05, 4.69) is 45.0 Å². The first-order valence-corrected chi connectivity index (χ1v) is 6.27. The van der Waals surface area contributed by atoms with Crippen LogP contribution in [0.15, 0.2) is 24.3 Å². The molecule has 0 aromatic heterocycles. The average Bonchev–Trinajstić information content (AvgIpc) is 2.55. The predicted molar refractivity (Wildman–Crippen MR) is 67.3 cm³/mol. The van der Waals surface area contributed by atoms with Crippen LogP contribution in [0.25, 0.3) is 0 Å². The molecule has 1 aliphatic rings. The minimum absolute atomic E-state index is 0.275. The highest BCUT2D eigenvalue weighted by Gasteiger charge is 2.42. The van der Waals surface area contributed by atoms with E-state index in [-0.39, 0.29) is 5.41 Å². The summed E-state index contributed by atoms with van der Waals surface area (Å²) in [4.78, 5) is 0. The van der Waals surface area contributed by atoms with E-state index in [1.807, 2.05) is 0 Å². The quantitative estimate of drug-likeness (QED) is 0.803. The third-order valence-corrected chi connectivity index (χ3v) is 3.86. The van der Waals surface area contributed by atoms with Gasteiger partial charge in [-0.25, -0.2) is 0 Å². The Kier molecular flexibility index (Phi) is 2.83. The summed E-state index contributed by atoms with van der Waals surface area (Å²) >= 11 is 0. The molecule has 0 saturated heterocycles. The first-order valence-electron chi connectivity index (χ1n) is 6.27. The number of hydrogen-bond acceptors (Lipinski definition) is 1. The van der Waals surface area contributed by atoms with Crippen molar-refractivity contribution in [3.05, 3.63) is 35.4 Å². The number of hydrogen-bond donors (Lipinski definition) is 1. The molecule has 1 aromatic carbocycles. The second-order valence-corrected chi connectivity index (χ2v) is 5.93. The van der Waals surface area contributed by atoms with Crippen LogP contribution in [0.1, 0.15) is 51.2 Å². The normalized spacial score (nSPS) is 28.2. The van der Waals surface area contributed by atoms with Crippen molar-refractivity contribution in [1.29, 1.82) is 0 Å². The summed E-state index contributed by atoms with van der Waals surface area (Å²) in [5.41, 5.74) is 2.11. The van der Waals surface area contributed by atoms with Crippen molar-refractivity contribution in [2.75, 3.05) is 0 Å². The molecule has 1 fully saturated rings. The second kappa shape index (κ2) is 3.89. The van der Waals surface area contributed by atoms with E-state index in [0.29, 0.717) is 0 Å². The van der Waals surface area contributed by atoms with Crippen LogP contribution in [0.2, 0.25) is 0 Å². The Bertz CT molecular complexity index is 381. The second-order valence-electron chi connectivity index (χ2n) is 5.93. The summed E-state index contributed by atoms with van der Waals surface area (Å²) in [6, 6.07) is 8.44. The molecule has 2 rings (SSSR count). The minimum Gasteiger partial charge on any atom is -0.385 e. The van der Waals surface area contributed by atoms with Gasteiger partial charge >= 0.3 is 0 Å². The fourth-order valence-electron chi connectivity index (χ4n) is 2.84. The average molecular weight is 218 g/mol. The Morgan fingerprint density at radius 3 is 2.56 bits per heavy atom. The van der Waals surface area contributed by atoms with Gasteiger partial charge in [-0.1, -0.05) is 45.0 Å². The van der Waals surface area contributed by atoms with Crippen molar-refractivity contribution in [2.24, 2.45) is 5.41 Å². The van der Waals surface area contributed by atoms with Crippen molar-refractivity contribution in [1.82, 2.24) is 0 Å². The van der Waals surface area contributed by atoms with Gasteiger partial charge in [0.05, 0.1) is 5.60 Å². The Morgan fingerprint density at radius 1 is 1.25 bits per heavy atom. The molecule has 1 nitrogen and oxygen atoms in total. The van der Waals surface area contributed by atoms with E-state index < -0.39 is 5.60 Å². The van der Waals surface area contributed by atoms with Gasteiger partial charge < -0.3 is 5.11 Å². The molecule has 1 atom stereocenters. The number of aliphatic hydroxyl groups is 1.